The normalized spacial score (nSPS) is 10.8. The lowest BCUT2D eigenvalue weighted by atomic mass is 10.2. The molecule has 0 saturated heterocycles. The van der Waals surface area contributed by atoms with E-state index in [2.05, 4.69) is 10.4 Å². The van der Waals surface area contributed by atoms with E-state index >= 15 is 0 Å². The van der Waals surface area contributed by atoms with Crippen LogP contribution in [0.4, 0.5) is 10.1 Å². The summed E-state index contributed by atoms with van der Waals surface area (Å²) in [4.78, 5) is 36.4. The molecule has 0 aliphatic carbocycles. The standard InChI is InChI=1S/C18H16FN3O3/c1-11-10-12(19)6-7-15(11)20-16(23)8-9-22-18(25)14-5-3-2-4-13(14)17(24)21-22/h2-7,10H,8-9H2,1H3,(H,20,23)(H,21,24). The van der Waals surface area contributed by atoms with Crippen molar-refractivity contribution < 1.29 is 9.18 Å². The van der Waals surface area contributed by atoms with Crippen molar-refractivity contribution in [2.45, 2.75) is 19.9 Å². The highest BCUT2D eigenvalue weighted by Crippen LogP contribution is 2.15. The Bertz CT molecular complexity index is 1070. The Morgan fingerprint density at radius 1 is 1.16 bits per heavy atom. The van der Waals surface area contributed by atoms with Crippen molar-refractivity contribution in [3.8, 4) is 0 Å². The Morgan fingerprint density at radius 3 is 2.60 bits per heavy atom. The fraction of sp³-hybridized carbons (Fsp3) is 0.167. The number of aryl methyl sites for hydroxylation is 2. The van der Waals surface area contributed by atoms with Crippen molar-refractivity contribution in [2.24, 2.45) is 0 Å². The number of fused-ring (bicyclic) bond motifs is 1. The number of aromatic nitrogens is 2. The molecule has 2 aromatic carbocycles. The molecule has 1 amide bonds. The topological polar surface area (TPSA) is 84.0 Å². The molecule has 1 heterocycles. The van der Waals surface area contributed by atoms with Gasteiger partial charge in [-0.15, -0.1) is 0 Å². The molecule has 3 rings (SSSR count). The maximum absolute atomic E-state index is 13.1. The summed E-state index contributed by atoms with van der Waals surface area (Å²) >= 11 is 0. The molecule has 3 aromatic rings. The van der Waals surface area contributed by atoms with Crippen molar-refractivity contribution >= 4 is 22.4 Å². The Labute approximate surface area is 141 Å². The summed E-state index contributed by atoms with van der Waals surface area (Å²) in [6.07, 6.45) is -0.00893. The van der Waals surface area contributed by atoms with Gasteiger partial charge in [-0.05, 0) is 42.8 Å². The molecule has 1 aromatic heterocycles. The van der Waals surface area contributed by atoms with Crippen LogP contribution in [0.25, 0.3) is 10.8 Å². The highest BCUT2D eigenvalue weighted by atomic mass is 19.1. The van der Waals surface area contributed by atoms with E-state index in [0.717, 1.165) is 4.68 Å². The molecule has 0 fully saturated rings. The Hall–Kier alpha value is -3.22. The summed E-state index contributed by atoms with van der Waals surface area (Å²) < 4.78 is 14.2. The van der Waals surface area contributed by atoms with E-state index in [1.165, 1.54) is 18.2 Å². The molecule has 7 heteroatoms. The predicted octanol–water partition coefficient (Wildman–Crippen LogP) is 2.17. The lowest BCUT2D eigenvalue weighted by Gasteiger charge is -2.10. The molecule has 0 bridgehead atoms. The zero-order valence-corrected chi connectivity index (χ0v) is 13.5. The number of hydrogen-bond donors (Lipinski definition) is 2. The van der Waals surface area contributed by atoms with Crippen LogP contribution in [0.5, 0.6) is 0 Å². The molecule has 0 spiro atoms. The smallest absolute Gasteiger partial charge is 0.273 e. The minimum atomic E-state index is -0.384. The van der Waals surface area contributed by atoms with Crippen LogP contribution in [0, 0.1) is 12.7 Å². The number of amides is 1. The molecular weight excluding hydrogens is 325 g/mol. The van der Waals surface area contributed by atoms with Gasteiger partial charge in [0.1, 0.15) is 5.82 Å². The van der Waals surface area contributed by atoms with Crippen LogP contribution in [0.15, 0.2) is 52.1 Å². The Kier molecular flexibility index (Phi) is 4.47. The summed E-state index contributed by atoms with van der Waals surface area (Å²) in [5.74, 6) is -0.716. The molecule has 0 saturated carbocycles. The minimum absolute atomic E-state index is 0.00893. The lowest BCUT2D eigenvalue weighted by molar-refractivity contribution is -0.116. The van der Waals surface area contributed by atoms with Gasteiger partial charge in [-0.1, -0.05) is 12.1 Å². The maximum atomic E-state index is 13.1. The number of aromatic amines is 1. The lowest BCUT2D eigenvalue weighted by Crippen LogP contribution is -2.31. The second-order valence-corrected chi connectivity index (χ2v) is 5.70. The van der Waals surface area contributed by atoms with Gasteiger partial charge in [-0.25, -0.2) is 9.07 Å². The number of H-pyrrole nitrogens is 1. The number of carbonyl (C=O) groups excluding carboxylic acids is 1. The first-order valence-corrected chi connectivity index (χ1v) is 7.73. The maximum Gasteiger partial charge on any atom is 0.273 e. The van der Waals surface area contributed by atoms with Crippen LogP contribution in [0.1, 0.15) is 12.0 Å². The molecule has 25 heavy (non-hydrogen) atoms. The quantitative estimate of drug-likeness (QED) is 0.763. The van der Waals surface area contributed by atoms with Crippen molar-refractivity contribution in [2.75, 3.05) is 5.32 Å². The summed E-state index contributed by atoms with van der Waals surface area (Å²) in [6, 6.07) is 10.6. The zero-order valence-electron chi connectivity index (χ0n) is 13.5. The molecule has 0 radical (unpaired) electrons. The van der Waals surface area contributed by atoms with Gasteiger partial charge in [-0.3, -0.25) is 19.5 Å². The Morgan fingerprint density at radius 2 is 1.88 bits per heavy atom. The van der Waals surface area contributed by atoms with Crippen LogP contribution in [-0.4, -0.2) is 15.7 Å². The second kappa shape index (κ2) is 6.72. The third-order valence-corrected chi connectivity index (χ3v) is 3.91. The molecule has 0 aliphatic heterocycles. The van der Waals surface area contributed by atoms with Gasteiger partial charge >= 0.3 is 0 Å². The fourth-order valence-electron chi connectivity index (χ4n) is 2.60. The van der Waals surface area contributed by atoms with Crippen LogP contribution in [0.2, 0.25) is 0 Å². The summed E-state index contributed by atoms with van der Waals surface area (Å²) in [5.41, 5.74) is 0.362. The molecule has 128 valence electrons. The number of carbonyl (C=O) groups is 1. The van der Waals surface area contributed by atoms with Gasteiger partial charge in [0.05, 0.1) is 17.3 Å². The summed E-state index contributed by atoms with van der Waals surface area (Å²) in [5, 5.41) is 5.76. The van der Waals surface area contributed by atoms with Gasteiger partial charge < -0.3 is 5.32 Å². The van der Waals surface area contributed by atoms with E-state index in [0.29, 0.717) is 22.0 Å². The van der Waals surface area contributed by atoms with E-state index in [4.69, 9.17) is 0 Å². The predicted molar refractivity (Wildman–Crippen MR) is 93.2 cm³/mol. The number of rotatable bonds is 4. The first kappa shape index (κ1) is 16.6. The van der Waals surface area contributed by atoms with Gasteiger partial charge in [0.15, 0.2) is 0 Å². The highest BCUT2D eigenvalue weighted by Gasteiger charge is 2.09. The number of halogens is 1. The molecular formula is C18H16FN3O3. The number of anilines is 1. The van der Waals surface area contributed by atoms with E-state index in [-0.39, 0.29) is 35.8 Å². The van der Waals surface area contributed by atoms with Crippen LogP contribution in [-0.2, 0) is 11.3 Å². The summed E-state index contributed by atoms with van der Waals surface area (Å²) in [7, 11) is 0. The monoisotopic (exact) mass is 341 g/mol. The van der Waals surface area contributed by atoms with E-state index in [1.54, 1.807) is 31.2 Å². The SMILES string of the molecule is Cc1cc(F)ccc1NC(=O)CCn1[nH]c(=O)c2ccccc2c1=O. The van der Waals surface area contributed by atoms with Crippen molar-refractivity contribution in [1.29, 1.82) is 0 Å². The van der Waals surface area contributed by atoms with Crippen LogP contribution >= 0.6 is 0 Å². The van der Waals surface area contributed by atoms with Gasteiger partial charge in [0.2, 0.25) is 5.91 Å². The number of nitrogens with one attached hydrogen (secondary N) is 2. The van der Waals surface area contributed by atoms with Gasteiger partial charge in [0.25, 0.3) is 11.1 Å². The molecule has 0 aliphatic rings. The first-order chi connectivity index (χ1) is 12.0. The molecule has 0 unspecified atom stereocenters. The molecule has 0 atom stereocenters. The fourth-order valence-corrected chi connectivity index (χ4v) is 2.60. The van der Waals surface area contributed by atoms with Crippen molar-refractivity contribution in [3.63, 3.8) is 0 Å². The second-order valence-electron chi connectivity index (χ2n) is 5.70. The van der Waals surface area contributed by atoms with E-state index in [9.17, 15) is 18.8 Å². The first-order valence-electron chi connectivity index (χ1n) is 7.73. The molecule has 2 N–H and O–H groups in total. The number of benzene rings is 2. The molecule has 6 nitrogen and oxygen atoms in total. The summed E-state index contributed by atoms with van der Waals surface area (Å²) in [6.45, 7) is 1.72. The van der Waals surface area contributed by atoms with Crippen molar-refractivity contribution in [3.05, 3.63) is 74.6 Å². The van der Waals surface area contributed by atoms with E-state index in [1.807, 2.05) is 0 Å². The average Bonchev–Trinajstić information content (AvgIpc) is 2.59. The highest BCUT2D eigenvalue weighted by molar-refractivity contribution is 5.91. The van der Waals surface area contributed by atoms with Gasteiger partial charge in [0, 0.05) is 12.1 Å². The zero-order chi connectivity index (χ0) is 18.0. The number of nitrogens with zero attached hydrogens (tertiary/aromatic N) is 1. The average molecular weight is 341 g/mol. The van der Waals surface area contributed by atoms with Crippen LogP contribution in [0.3, 0.4) is 0 Å². The largest absolute Gasteiger partial charge is 0.326 e. The number of hydrogen-bond acceptors (Lipinski definition) is 3. The third kappa shape index (κ3) is 3.50. The van der Waals surface area contributed by atoms with Crippen molar-refractivity contribution in [1.82, 2.24) is 9.78 Å². The minimum Gasteiger partial charge on any atom is -0.326 e. The van der Waals surface area contributed by atoms with Crippen LogP contribution < -0.4 is 16.4 Å². The third-order valence-electron chi connectivity index (χ3n) is 3.91. The Balaban J connectivity index is 1.76. The van der Waals surface area contributed by atoms with Gasteiger partial charge in [-0.2, -0.15) is 0 Å². The van der Waals surface area contributed by atoms with E-state index < -0.39 is 0 Å².